The van der Waals surface area contributed by atoms with E-state index in [0.717, 1.165) is 17.4 Å². The minimum absolute atomic E-state index is 0.325. The highest BCUT2D eigenvalue weighted by Gasteiger charge is 2.18. The van der Waals surface area contributed by atoms with E-state index in [2.05, 4.69) is 0 Å². The molecule has 1 aliphatic carbocycles. The molecule has 72 valence electrons. The first-order valence-corrected chi connectivity index (χ1v) is 5.86. The van der Waals surface area contributed by atoms with Crippen molar-refractivity contribution in [2.24, 2.45) is 5.73 Å². The summed E-state index contributed by atoms with van der Waals surface area (Å²) in [5.74, 6) is 1.09. The Balaban J connectivity index is 2.06. The fourth-order valence-electron chi connectivity index (χ4n) is 1.65. The largest absolute Gasteiger partial charge is 0.396 e. The fourth-order valence-corrected chi connectivity index (χ4v) is 2.99. The van der Waals surface area contributed by atoms with E-state index in [9.17, 15) is 0 Å². The van der Waals surface area contributed by atoms with Crippen LogP contribution in [0.1, 0.15) is 32.1 Å². The third kappa shape index (κ3) is 3.78. The Morgan fingerprint density at radius 3 is 2.92 bits per heavy atom. The van der Waals surface area contributed by atoms with Crippen LogP contribution in [-0.2, 0) is 0 Å². The molecule has 0 aromatic rings. The lowest BCUT2D eigenvalue weighted by atomic mass is 9.96. The van der Waals surface area contributed by atoms with Crippen molar-refractivity contribution in [3.63, 3.8) is 0 Å². The maximum Gasteiger partial charge on any atom is 0.0438 e. The summed E-state index contributed by atoms with van der Waals surface area (Å²) in [4.78, 5) is 0. The Hall–Kier alpha value is 0.270. The molecule has 0 heterocycles. The summed E-state index contributed by atoms with van der Waals surface area (Å²) in [6.07, 6.45) is 5.92. The van der Waals surface area contributed by atoms with Crippen molar-refractivity contribution in [3.05, 3.63) is 0 Å². The van der Waals surface area contributed by atoms with Gasteiger partial charge < -0.3 is 10.8 Å². The molecule has 1 aliphatic rings. The molecule has 2 nitrogen and oxygen atoms in total. The Labute approximate surface area is 78.9 Å². The van der Waals surface area contributed by atoms with Crippen LogP contribution in [0.15, 0.2) is 0 Å². The molecule has 0 radical (unpaired) electrons. The van der Waals surface area contributed by atoms with Crippen LogP contribution in [0, 0.1) is 0 Å². The Kier molecular flexibility index (Phi) is 5.04. The van der Waals surface area contributed by atoms with E-state index in [0.29, 0.717) is 12.6 Å². The van der Waals surface area contributed by atoms with E-state index in [-0.39, 0.29) is 0 Å². The molecule has 0 spiro atoms. The van der Waals surface area contributed by atoms with Crippen molar-refractivity contribution in [3.8, 4) is 0 Å². The summed E-state index contributed by atoms with van der Waals surface area (Å²) in [5.41, 5.74) is 5.87. The second kappa shape index (κ2) is 5.84. The molecule has 0 aromatic carbocycles. The molecule has 12 heavy (non-hydrogen) atoms. The normalized spacial score (nSPS) is 30.5. The van der Waals surface area contributed by atoms with Crippen LogP contribution in [-0.4, -0.2) is 28.8 Å². The topological polar surface area (TPSA) is 46.2 Å². The van der Waals surface area contributed by atoms with Crippen molar-refractivity contribution in [2.75, 3.05) is 12.4 Å². The van der Waals surface area contributed by atoms with Gasteiger partial charge in [-0.3, -0.25) is 0 Å². The molecule has 1 fully saturated rings. The van der Waals surface area contributed by atoms with Gasteiger partial charge in [-0.1, -0.05) is 6.42 Å². The lowest BCUT2D eigenvalue weighted by Crippen LogP contribution is -2.29. The van der Waals surface area contributed by atoms with E-state index < -0.39 is 0 Å². The summed E-state index contributed by atoms with van der Waals surface area (Å²) in [6, 6.07) is 0.436. The minimum Gasteiger partial charge on any atom is -0.396 e. The van der Waals surface area contributed by atoms with Crippen LogP contribution in [0.5, 0.6) is 0 Å². The average molecular weight is 189 g/mol. The summed E-state index contributed by atoms with van der Waals surface area (Å²) < 4.78 is 0. The van der Waals surface area contributed by atoms with Crippen LogP contribution in [0.4, 0.5) is 0 Å². The molecular weight excluding hydrogens is 170 g/mol. The Morgan fingerprint density at radius 1 is 1.42 bits per heavy atom. The van der Waals surface area contributed by atoms with E-state index in [1.165, 1.54) is 25.7 Å². The van der Waals surface area contributed by atoms with E-state index in [1.54, 1.807) is 0 Å². The van der Waals surface area contributed by atoms with E-state index in [4.69, 9.17) is 10.8 Å². The molecule has 0 saturated heterocycles. The highest BCUT2D eigenvalue weighted by molar-refractivity contribution is 7.99. The number of aliphatic hydroxyl groups is 1. The van der Waals surface area contributed by atoms with Crippen molar-refractivity contribution >= 4 is 11.8 Å². The monoisotopic (exact) mass is 189 g/mol. The second-order valence-corrected chi connectivity index (χ2v) is 4.90. The number of nitrogens with two attached hydrogens (primary N) is 1. The third-order valence-electron chi connectivity index (χ3n) is 2.32. The SMILES string of the molecule is NC1CCCC(SCCCO)C1. The van der Waals surface area contributed by atoms with Gasteiger partial charge in [0.05, 0.1) is 0 Å². The number of hydrogen-bond donors (Lipinski definition) is 2. The summed E-state index contributed by atoms with van der Waals surface area (Å²) in [6.45, 7) is 0.325. The average Bonchev–Trinajstić information content (AvgIpc) is 2.05. The van der Waals surface area contributed by atoms with Gasteiger partial charge in [0.2, 0.25) is 0 Å². The van der Waals surface area contributed by atoms with Crippen LogP contribution >= 0.6 is 11.8 Å². The highest BCUT2D eigenvalue weighted by Crippen LogP contribution is 2.27. The van der Waals surface area contributed by atoms with Crippen LogP contribution < -0.4 is 5.73 Å². The van der Waals surface area contributed by atoms with Gasteiger partial charge in [-0.25, -0.2) is 0 Å². The molecule has 2 unspecified atom stereocenters. The van der Waals surface area contributed by atoms with Gasteiger partial charge in [-0.15, -0.1) is 0 Å². The first-order valence-electron chi connectivity index (χ1n) is 4.81. The summed E-state index contributed by atoms with van der Waals surface area (Å²) in [5, 5.41) is 9.37. The molecule has 0 bridgehead atoms. The zero-order chi connectivity index (χ0) is 8.81. The van der Waals surface area contributed by atoms with Gasteiger partial charge >= 0.3 is 0 Å². The quantitative estimate of drug-likeness (QED) is 0.657. The van der Waals surface area contributed by atoms with Crippen LogP contribution in [0.25, 0.3) is 0 Å². The molecule has 0 amide bonds. The lowest BCUT2D eigenvalue weighted by molar-refractivity contribution is 0.296. The summed E-state index contributed by atoms with van der Waals surface area (Å²) in [7, 11) is 0. The second-order valence-electron chi connectivity index (χ2n) is 3.50. The van der Waals surface area contributed by atoms with Gasteiger partial charge in [-0.05, 0) is 31.4 Å². The molecule has 0 aromatic heterocycles. The zero-order valence-electron chi connectivity index (χ0n) is 7.54. The standard InChI is InChI=1S/C9H19NOS/c10-8-3-1-4-9(7-8)12-6-2-5-11/h8-9,11H,1-7,10H2. The predicted molar refractivity (Wildman–Crippen MR) is 54.4 cm³/mol. The lowest BCUT2D eigenvalue weighted by Gasteiger charge is -2.25. The fraction of sp³-hybridized carbons (Fsp3) is 1.00. The molecule has 3 heteroatoms. The number of aliphatic hydroxyl groups excluding tert-OH is 1. The molecule has 1 rings (SSSR count). The third-order valence-corrected chi connectivity index (χ3v) is 3.75. The van der Waals surface area contributed by atoms with Gasteiger partial charge in [0.25, 0.3) is 0 Å². The first kappa shape index (κ1) is 10.4. The first-order chi connectivity index (χ1) is 5.83. The van der Waals surface area contributed by atoms with Gasteiger partial charge in [0.1, 0.15) is 0 Å². The minimum atomic E-state index is 0.325. The van der Waals surface area contributed by atoms with Crippen molar-refractivity contribution < 1.29 is 5.11 Å². The summed E-state index contributed by atoms with van der Waals surface area (Å²) >= 11 is 1.99. The van der Waals surface area contributed by atoms with Crippen molar-refractivity contribution in [1.82, 2.24) is 0 Å². The molecule has 3 N–H and O–H groups in total. The molecule has 2 atom stereocenters. The van der Waals surface area contributed by atoms with Gasteiger partial charge in [-0.2, -0.15) is 11.8 Å². The van der Waals surface area contributed by atoms with E-state index >= 15 is 0 Å². The number of rotatable bonds is 4. The van der Waals surface area contributed by atoms with Crippen LogP contribution in [0.2, 0.25) is 0 Å². The maximum absolute atomic E-state index is 8.61. The van der Waals surface area contributed by atoms with Crippen molar-refractivity contribution in [1.29, 1.82) is 0 Å². The molecular formula is C9H19NOS. The maximum atomic E-state index is 8.61. The van der Waals surface area contributed by atoms with Gasteiger partial charge in [0.15, 0.2) is 0 Å². The zero-order valence-corrected chi connectivity index (χ0v) is 8.35. The Bertz CT molecular complexity index is 121. The molecule has 1 saturated carbocycles. The molecule has 0 aliphatic heterocycles. The number of thioether (sulfide) groups is 1. The Morgan fingerprint density at radius 2 is 2.25 bits per heavy atom. The van der Waals surface area contributed by atoms with Gasteiger partial charge in [0, 0.05) is 17.9 Å². The smallest absolute Gasteiger partial charge is 0.0438 e. The van der Waals surface area contributed by atoms with Crippen molar-refractivity contribution in [2.45, 2.75) is 43.4 Å². The predicted octanol–water partition coefficient (Wildman–Crippen LogP) is 1.37. The van der Waals surface area contributed by atoms with Crippen LogP contribution in [0.3, 0.4) is 0 Å². The van der Waals surface area contributed by atoms with E-state index in [1.807, 2.05) is 11.8 Å². The number of hydrogen-bond acceptors (Lipinski definition) is 3. The highest BCUT2D eigenvalue weighted by atomic mass is 32.2.